The summed E-state index contributed by atoms with van der Waals surface area (Å²) in [4.78, 5) is 29.4. The van der Waals surface area contributed by atoms with E-state index < -0.39 is 5.41 Å². The largest absolute Gasteiger partial charge is 0.385 e. The molecule has 32 heavy (non-hydrogen) atoms. The Morgan fingerprint density at radius 2 is 2.09 bits per heavy atom. The van der Waals surface area contributed by atoms with Crippen LogP contribution in [0.15, 0.2) is 29.7 Å². The molecule has 0 aromatic carbocycles. The van der Waals surface area contributed by atoms with Gasteiger partial charge in [0.05, 0.1) is 6.07 Å². The van der Waals surface area contributed by atoms with E-state index in [4.69, 9.17) is 5.73 Å². The molecule has 4 rings (SSSR count). The van der Waals surface area contributed by atoms with E-state index in [9.17, 15) is 14.9 Å². The van der Waals surface area contributed by atoms with E-state index in [0.29, 0.717) is 36.0 Å². The van der Waals surface area contributed by atoms with Crippen LogP contribution in [-0.4, -0.2) is 51.0 Å². The maximum absolute atomic E-state index is 13.2. The Morgan fingerprint density at radius 3 is 2.72 bits per heavy atom. The third-order valence-corrected chi connectivity index (χ3v) is 6.62. The molecule has 3 heterocycles. The average Bonchev–Trinajstić information content (AvgIpc) is 3.19. The number of likely N-dealkylation sites (tertiary alicyclic amines) is 2. The number of nitriles is 1. The van der Waals surface area contributed by atoms with Gasteiger partial charge in [0.25, 0.3) is 5.91 Å². The average molecular weight is 438 g/mol. The van der Waals surface area contributed by atoms with Crippen LogP contribution in [0.2, 0.25) is 0 Å². The highest BCUT2D eigenvalue weighted by Crippen LogP contribution is 2.51. The molecule has 1 aromatic heterocycles. The van der Waals surface area contributed by atoms with Gasteiger partial charge in [-0.2, -0.15) is 10.4 Å². The van der Waals surface area contributed by atoms with Crippen molar-refractivity contribution in [3.05, 3.63) is 35.4 Å². The summed E-state index contributed by atoms with van der Waals surface area (Å²) in [6.45, 7) is 4.05. The van der Waals surface area contributed by atoms with Crippen LogP contribution in [0.25, 0.3) is 0 Å². The molecule has 3 fully saturated rings. The molecule has 2 amide bonds. The van der Waals surface area contributed by atoms with Crippen molar-refractivity contribution in [3.8, 4) is 6.07 Å². The number of amides is 2. The molecule has 0 bridgehead atoms. The van der Waals surface area contributed by atoms with Crippen molar-refractivity contribution in [3.63, 3.8) is 0 Å². The first-order valence-electron chi connectivity index (χ1n) is 11.4. The summed E-state index contributed by atoms with van der Waals surface area (Å²) in [5.74, 6) is 0.804. The fourth-order valence-corrected chi connectivity index (χ4v) is 4.74. The Labute approximate surface area is 188 Å². The number of nitrogens with one attached hydrogen (secondary N) is 1. The summed E-state index contributed by atoms with van der Waals surface area (Å²) >= 11 is 0. The Kier molecular flexibility index (Phi) is 5.96. The number of hydrogen-bond donors (Lipinski definition) is 2. The first-order chi connectivity index (χ1) is 15.4. The summed E-state index contributed by atoms with van der Waals surface area (Å²) in [6, 6.07) is 4.01. The highest BCUT2D eigenvalue weighted by atomic mass is 16.2. The maximum Gasteiger partial charge on any atom is 0.272 e. The standard InChI is InChI=1S/C23H31N7O2/c1-3-6-17(30-12-9-23(15-24,22(30)32)16-7-8-16)13-19(25)26-20-14-18(28(2)27-20)21(31)29-10-4-5-11-29/h6,13-14,16H,3-5,7-12,25H2,1-2H3,(H,26,27)/b17-6+,19-13+/t23-/m1/s1. The van der Waals surface area contributed by atoms with Gasteiger partial charge in [-0.05, 0) is 44.4 Å². The quantitative estimate of drug-likeness (QED) is 0.632. The lowest BCUT2D eigenvalue weighted by Crippen LogP contribution is -2.34. The fourth-order valence-electron chi connectivity index (χ4n) is 4.74. The van der Waals surface area contributed by atoms with E-state index in [1.54, 1.807) is 28.8 Å². The molecule has 170 valence electrons. The molecule has 2 aliphatic heterocycles. The van der Waals surface area contributed by atoms with Gasteiger partial charge in [0.15, 0.2) is 5.82 Å². The van der Waals surface area contributed by atoms with Crippen molar-refractivity contribution in [1.29, 1.82) is 5.26 Å². The Hall–Kier alpha value is -3.28. The van der Waals surface area contributed by atoms with Crippen LogP contribution in [0.5, 0.6) is 0 Å². The molecule has 0 radical (unpaired) electrons. The number of aryl methyl sites for hydroxylation is 1. The lowest BCUT2D eigenvalue weighted by molar-refractivity contribution is -0.132. The van der Waals surface area contributed by atoms with Crippen LogP contribution in [-0.2, 0) is 11.8 Å². The topological polar surface area (TPSA) is 120 Å². The molecular weight excluding hydrogens is 406 g/mol. The predicted octanol–water partition coefficient (Wildman–Crippen LogP) is 2.31. The maximum atomic E-state index is 13.2. The lowest BCUT2D eigenvalue weighted by Gasteiger charge is -2.22. The first kappa shape index (κ1) is 21.9. The second-order valence-electron chi connectivity index (χ2n) is 8.86. The molecular formula is C23H31N7O2. The Balaban J connectivity index is 1.49. The van der Waals surface area contributed by atoms with Crippen LogP contribution in [0, 0.1) is 22.7 Å². The number of carbonyl (C=O) groups excluding carboxylic acids is 2. The van der Waals surface area contributed by atoms with E-state index in [1.165, 1.54) is 0 Å². The molecule has 0 unspecified atom stereocenters. The highest BCUT2D eigenvalue weighted by Gasteiger charge is 2.56. The first-order valence-corrected chi connectivity index (χ1v) is 11.4. The van der Waals surface area contributed by atoms with Crippen LogP contribution in [0.1, 0.15) is 55.9 Å². The summed E-state index contributed by atoms with van der Waals surface area (Å²) in [5.41, 5.74) is 6.54. The van der Waals surface area contributed by atoms with Crippen LogP contribution in [0.3, 0.4) is 0 Å². The Morgan fingerprint density at radius 1 is 1.38 bits per heavy atom. The third kappa shape index (κ3) is 3.97. The number of nitrogens with zero attached hydrogens (tertiary/aromatic N) is 5. The van der Waals surface area contributed by atoms with E-state index in [1.807, 2.05) is 17.9 Å². The van der Waals surface area contributed by atoms with E-state index in [-0.39, 0.29) is 17.7 Å². The molecule has 0 spiro atoms. The van der Waals surface area contributed by atoms with Crippen LogP contribution in [0.4, 0.5) is 5.82 Å². The summed E-state index contributed by atoms with van der Waals surface area (Å²) < 4.78 is 1.56. The Bertz CT molecular complexity index is 1010. The number of allylic oxidation sites excluding steroid dienone is 2. The molecule has 1 aromatic rings. The third-order valence-electron chi connectivity index (χ3n) is 6.62. The van der Waals surface area contributed by atoms with Crippen molar-refractivity contribution < 1.29 is 9.59 Å². The second kappa shape index (κ2) is 8.69. The minimum Gasteiger partial charge on any atom is -0.385 e. The number of hydrogen-bond acceptors (Lipinski definition) is 6. The van der Waals surface area contributed by atoms with Gasteiger partial charge >= 0.3 is 0 Å². The fraction of sp³-hybridized carbons (Fsp3) is 0.565. The van der Waals surface area contributed by atoms with E-state index in [2.05, 4.69) is 16.5 Å². The molecule has 1 saturated carbocycles. The lowest BCUT2D eigenvalue weighted by atomic mass is 9.83. The second-order valence-corrected chi connectivity index (χ2v) is 8.86. The molecule has 9 heteroatoms. The molecule has 1 atom stereocenters. The molecule has 9 nitrogen and oxygen atoms in total. The van der Waals surface area contributed by atoms with Gasteiger partial charge in [0.1, 0.15) is 16.9 Å². The summed E-state index contributed by atoms with van der Waals surface area (Å²) in [5, 5.41) is 17.2. The van der Waals surface area contributed by atoms with Crippen molar-refractivity contribution in [1.82, 2.24) is 19.6 Å². The zero-order valence-corrected chi connectivity index (χ0v) is 18.8. The van der Waals surface area contributed by atoms with Gasteiger partial charge < -0.3 is 20.9 Å². The monoisotopic (exact) mass is 437 g/mol. The van der Waals surface area contributed by atoms with Gasteiger partial charge in [-0.15, -0.1) is 0 Å². The molecule has 2 saturated heterocycles. The number of aromatic nitrogens is 2. The molecule has 3 N–H and O–H groups in total. The minimum absolute atomic E-state index is 0.0322. The number of rotatable bonds is 7. The number of anilines is 1. The molecule has 1 aliphatic carbocycles. The van der Waals surface area contributed by atoms with Gasteiger partial charge in [0.2, 0.25) is 5.91 Å². The van der Waals surface area contributed by atoms with Crippen LogP contribution < -0.4 is 11.1 Å². The van der Waals surface area contributed by atoms with Gasteiger partial charge in [-0.1, -0.05) is 13.0 Å². The number of carbonyl (C=O) groups is 2. The van der Waals surface area contributed by atoms with Crippen molar-refractivity contribution in [2.24, 2.45) is 24.1 Å². The van der Waals surface area contributed by atoms with Gasteiger partial charge in [-0.3, -0.25) is 14.3 Å². The smallest absolute Gasteiger partial charge is 0.272 e. The van der Waals surface area contributed by atoms with Crippen molar-refractivity contribution in [2.75, 3.05) is 25.0 Å². The van der Waals surface area contributed by atoms with Gasteiger partial charge in [0, 0.05) is 44.5 Å². The van der Waals surface area contributed by atoms with E-state index >= 15 is 0 Å². The van der Waals surface area contributed by atoms with Gasteiger partial charge in [-0.25, -0.2) is 0 Å². The zero-order valence-electron chi connectivity index (χ0n) is 18.8. The SMILES string of the molecule is CC/C=C(\C=C(/N)Nc1cc(C(=O)N2CCCC2)n(C)n1)N1CC[C@@](C#N)(C2CC2)C1=O. The zero-order chi connectivity index (χ0) is 22.9. The van der Waals surface area contributed by atoms with Crippen molar-refractivity contribution in [2.45, 2.75) is 45.4 Å². The van der Waals surface area contributed by atoms with E-state index in [0.717, 1.165) is 45.2 Å². The molecule has 3 aliphatic rings. The predicted molar refractivity (Wildman–Crippen MR) is 120 cm³/mol. The summed E-state index contributed by atoms with van der Waals surface area (Å²) in [6.07, 6.45) is 8.86. The normalized spacial score (nSPS) is 24.2. The number of nitrogens with two attached hydrogens (primary N) is 1. The van der Waals surface area contributed by atoms with Crippen LogP contribution >= 0.6 is 0 Å². The minimum atomic E-state index is -0.894. The van der Waals surface area contributed by atoms with Crippen molar-refractivity contribution >= 4 is 17.6 Å². The highest BCUT2D eigenvalue weighted by molar-refractivity contribution is 5.93. The summed E-state index contributed by atoms with van der Waals surface area (Å²) in [7, 11) is 1.74.